The Hall–Kier alpha value is -3.03. The highest BCUT2D eigenvalue weighted by molar-refractivity contribution is 6.31. The van der Waals surface area contributed by atoms with Crippen LogP contribution in [0.3, 0.4) is 0 Å². The first-order chi connectivity index (χ1) is 15.4. The van der Waals surface area contributed by atoms with Crippen molar-refractivity contribution in [2.45, 2.75) is 45.2 Å². The molecule has 0 spiro atoms. The zero-order valence-electron chi connectivity index (χ0n) is 18.6. The second-order valence-corrected chi connectivity index (χ2v) is 9.74. The number of aromatic nitrogens is 1. The van der Waals surface area contributed by atoms with E-state index in [1.165, 1.54) is 0 Å². The lowest BCUT2D eigenvalue weighted by molar-refractivity contribution is -0.130. The Labute approximate surface area is 201 Å². The van der Waals surface area contributed by atoms with Gasteiger partial charge in [-0.15, -0.1) is 0 Å². The highest BCUT2D eigenvalue weighted by Gasteiger charge is 2.33. The normalized spacial score (nSPS) is 13.4. The van der Waals surface area contributed by atoms with Gasteiger partial charge < -0.3 is 20.7 Å². The lowest BCUT2D eigenvalue weighted by Crippen LogP contribution is -2.48. The third-order valence-corrected chi connectivity index (χ3v) is 5.60. The van der Waals surface area contributed by atoms with Crippen LogP contribution >= 0.6 is 23.2 Å². The predicted octanol–water partition coefficient (Wildman–Crippen LogP) is 5.05. The number of amides is 2. The monoisotopic (exact) mass is 489 g/mol. The van der Waals surface area contributed by atoms with Crippen LogP contribution < -0.4 is 10.6 Å². The summed E-state index contributed by atoms with van der Waals surface area (Å²) in [4.78, 5) is 41.3. The minimum atomic E-state index is -1.26. The number of halogens is 2. The molecule has 0 saturated heterocycles. The Morgan fingerprint density at radius 1 is 0.970 bits per heavy atom. The minimum Gasteiger partial charge on any atom is -0.477 e. The quantitative estimate of drug-likeness (QED) is 0.388. The topological polar surface area (TPSA) is 111 Å². The van der Waals surface area contributed by atoms with E-state index in [1.807, 2.05) is 0 Å². The molecule has 0 aliphatic carbocycles. The van der Waals surface area contributed by atoms with Crippen molar-refractivity contribution in [2.75, 3.05) is 0 Å². The van der Waals surface area contributed by atoms with E-state index in [4.69, 9.17) is 23.2 Å². The number of hydrogen-bond donors (Lipinski definition) is 4. The maximum absolute atomic E-state index is 13.3. The number of hydrogen-bond acceptors (Lipinski definition) is 3. The third kappa shape index (κ3) is 5.67. The summed E-state index contributed by atoms with van der Waals surface area (Å²) in [5.41, 5.74) is 0.508. The van der Waals surface area contributed by atoms with Gasteiger partial charge in [-0.2, -0.15) is 0 Å². The Morgan fingerprint density at radius 2 is 1.58 bits per heavy atom. The molecule has 2 amide bonds. The average Bonchev–Trinajstić information content (AvgIpc) is 3.09. The first kappa shape index (κ1) is 24.6. The Morgan fingerprint density at radius 3 is 2.15 bits per heavy atom. The van der Waals surface area contributed by atoms with Gasteiger partial charge in [0.15, 0.2) is 0 Å². The molecule has 174 valence electrons. The lowest BCUT2D eigenvalue weighted by Gasteiger charge is -2.27. The van der Waals surface area contributed by atoms with Crippen LogP contribution in [0, 0.1) is 0 Å². The fourth-order valence-corrected chi connectivity index (χ4v) is 3.84. The highest BCUT2D eigenvalue weighted by atomic mass is 35.5. The summed E-state index contributed by atoms with van der Waals surface area (Å²) in [7, 11) is 0. The zero-order chi connectivity index (χ0) is 24.5. The molecule has 9 heteroatoms. The maximum Gasteiger partial charge on any atom is 0.352 e. The number of benzene rings is 2. The lowest BCUT2D eigenvalue weighted by atomic mass is 9.96. The summed E-state index contributed by atoms with van der Waals surface area (Å²) in [6.45, 7) is 7.10. The van der Waals surface area contributed by atoms with Crippen LogP contribution in [0.1, 0.15) is 61.3 Å². The van der Waals surface area contributed by atoms with Gasteiger partial charge in [0.25, 0.3) is 0 Å². The molecule has 33 heavy (non-hydrogen) atoms. The molecule has 0 aliphatic heterocycles. The number of rotatable bonds is 6. The molecule has 0 fully saturated rings. The number of carboxylic acid groups (broad SMARTS) is 1. The van der Waals surface area contributed by atoms with Gasteiger partial charge in [0.2, 0.25) is 11.8 Å². The maximum atomic E-state index is 13.3. The zero-order valence-corrected chi connectivity index (χ0v) is 20.1. The number of H-pyrrole nitrogens is 1. The van der Waals surface area contributed by atoms with Gasteiger partial charge >= 0.3 is 5.97 Å². The van der Waals surface area contributed by atoms with Gasteiger partial charge in [-0.1, -0.05) is 41.4 Å². The standard InChI is InChI=1S/C24H25Cl2N3O4/c1-12(13-5-7-14(25)8-6-13)21(30)28-19(22(31)29-24(2,3)4)18-16-10-9-15(26)11-17(16)27-20(18)23(32)33/h5-12,19,27H,1-4H3,(H,28,30)(H,29,31)(H,32,33)/t12-,19?/m1/s1. The number of carboxylic acids is 1. The van der Waals surface area contributed by atoms with Gasteiger partial charge in [0.1, 0.15) is 11.7 Å². The summed E-state index contributed by atoms with van der Waals surface area (Å²) in [6, 6.07) is 10.4. The molecule has 2 atom stereocenters. The SMILES string of the molecule is C[C@@H](C(=O)NC(C(=O)NC(C)(C)C)c1c(C(=O)O)[nH]c2cc(Cl)ccc12)c1ccc(Cl)cc1. The Balaban J connectivity index is 2.08. The molecule has 4 N–H and O–H groups in total. The van der Waals surface area contributed by atoms with Gasteiger partial charge in [-0.3, -0.25) is 9.59 Å². The number of carbonyl (C=O) groups is 3. The van der Waals surface area contributed by atoms with Crippen LogP contribution in [0.15, 0.2) is 42.5 Å². The minimum absolute atomic E-state index is 0.160. The third-order valence-electron chi connectivity index (χ3n) is 5.11. The smallest absolute Gasteiger partial charge is 0.352 e. The van der Waals surface area contributed by atoms with Crippen molar-refractivity contribution >= 4 is 51.9 Å². The molecule has 2 aromatic carbocycles. The molecule has 1 unspecified atom stereocenters. The van der Waals surface area contributed by atoms with Crippen molar-refractivity contribution in [3.05, 3.63) is 69.3 Å². The van der Waals surface area contributed by atoms with Crippen LogP contribution in [-0.2, 0) is 9.59 Å². The van der Waals surface area contributed by atoms with Crippen LogP contribution in [0.4, 0.5) is 0 Å². The first-order valence-corrected chi connectivity index (χ1v) is 11.0. The molecule has 0 bridgehead atoms. The van der Waals surface area contributed by atoms with E-state index >= 15 is 0 Å². The summed E-state index contributed by atoms with van der Waals surface area (Å²) >= 11 is 12.0. The number of carbonyl (C=O) groups excluding carboxylic acids is 2. The van der Waals surface area contributed by atoms with Crippen molar-refractivity contribution < 1.29 is 19.5 Å². The molecule has 7 nitrogen and oxygen atoms in total. The highest BCUT2D eigenvalue weighted by Crippen LogP contribution is 2.31. The fourth-order valence-electron chi connectivity index (χ4n) is 3.54. The van der Waals surface area contributed by atoms with E-state index in [-0.39, 0.29) is 11.3 Å². The van der Waals surface area contributed by atoms with Crippen LogP contribution in [0.2, 0.25) is 10.0 Å². The molecule has 0 radical (unpaired) electrons. The largest absolute Gasteiger partial charge is 0.477 e. The molecular weight excluding hydrogens is 465 g/mol. The number of aromatic amines is 1. The average molecular weight is 490 g/mol. The van der Waals surface area contributed by atoms with Crippen molar-refractivity contribution in [3.63, 3.8) is 0 Å². The molecule has 3 aromatic rings. The Bertz CT molecular complexity index is 1210. The molecule has 3 rings (SSSR count). The summed E-state index contributed by atoms with van der Waals surface area (Å²) in [6.07, 6.45) is 0. The summed E-state index contributed by atoms with van der Waals surface area (Å²) in [5.74, 6) is -2.84. The van der Waals surface area contributed by atoms with Crippen molar-refractivity contribution in [1.29, 1.82) is 0 Å². The Kier molecular flexibility index (Phi) is 7.05. The summed E-state index contributed by atoms with van der Waals surface area (Å²) in [5, 5.41) is 16.8. The molecule has 1 heterocycles. The van der Waals surface area contributed by atoms with E-state index < -0.39 is 35.3 Å². The van der Waals surface area contributed by atoms with Gasteiger partial charge in [-0.25, -0.2) is 4.79 Å². The predicted molar refractivity (Wildman–Crippen MR) is 129 cm³/mol. The van der Waals surface area contributed by atoms with Gasteiger partial charge in [0, 0.05) is 32.1 Å². The number of aromatic carboxylic acids is 1. The van der Waals surface area contributed by atoms with E-state index in [0.717, 1.165) is 0 Å². The molecule has 0 aliphatic rings. The van der Waals surface area contributed by atoms with E-state index in [0.29, 0.717) is 26.5 Å². The van der Waals surface area contributed by atoms with Crippen molar-refractivity contribution in [1.82, 2.24) is 15.6 Å². The van der Waals surface area contributed by atoms with E-state index in [9.17, 15) is 19.5 Å². The van der Waals surface area contributed by atoms with Gasteiger partial charge in [0.05, 0.1) is 5.92 Å². The van der Waals surface area contributed by atoms with E-state index in [1.54, 1.807) is 70.2 Å². The number of fused-ring (bicyclic) bond motifs is 1. The molecular formula is C24H25Cl2N3O4. The first-order valence-electron chi connectivity index (χ1n) is 10.3. The number of nitrogens with one attached hydrogen (secondary N) is 3. The van der Waals surface area contributed by atoms with Gasteiger partial charge in [-0.05, 0) is 57.5 Å². The van der Waals surface area contributed by atoms with Crippen molar-refractivity contribution in [2.24, 2.45) is 0 Å². The van der Waals surface area contributed by atoms with Crippen molar-refractivity contribution in [3.8, 4) is 0 Å². The molecule has 1 aromatic heterocycles. The van der Waals surface area contributed by atoms with Crippen LogP contribution in [0.5, 0.6) is 0 Å². The van der Waals surface area contributed by atoms with E-state index in [2.05, 4.69) is 15.6 Å². The fraction of sp³-hybridized carbons (Fsp3) is 0.292. The van der Waals surface area contributed by atoms with Crippen LogP contribution in [-0.4, -0.2) is 33.4 Å². The second-order valence-electron chi connectivity index (χ2n) is 8.86. The van der Waals surface area contributed by atoms with Crippen LogP contribution in [0.25, 0.3) is 10.9 Å². The summed E-state index contributed by atoms with van der Waals surface area (Å²) < 4.78 is 0. The molecule has 0 saturated carbocycles. The second kappa shape index (κ2) is 9.45.